The number of nitrogens with one attached hydrogen (secondary N) is 1. The van der Waals surface area contributed by atoms with E-state index in [1.165, 1.54) is 11.8 Å². The normalized spacial score (nSPS) is 11.1. The molecule has 0 fully saturated rings. The van der Waals surface area contributed by atoms with Crippen molar-refractivity contribution in [1.82, 2.24) is 14.8 Å². The van der Waals surface area contributed by atoms with Gasteiger partial charge < -0.3 is 9.88 Å². The molecule has 0 aliphatic heterocycles. The summed E-state index contributed by atoms with van der Waals surface area (Å²) < 4.78 is 2.87. The summed E-state index contributed by atoms with van der Waals surface area (Å²) in [4.78, 5) is 12.5. The fourth-order valence-electron chi connectivity index (χ4n) is 2.73. The van der Waals surface area contributed by atoms with E-state index in [0.29, 0.717) is 16.1 Å². The average Bonchev–Trinajstić information content (AvgIpc) is 3.02. The van der Waals surface area contributed by atoms with Crippen LogP contribution in [0.2, 0.25) is 5.02 Å². The monoisotopic (exact) mass is 478 g/mol. The number of amides is 1. The number of halogens is 2. The molecule has 0 atom stereocenters. The average molecular weight is 480 g/mol. The highest BCUT2D eigenvalue weighted by molar-refractivity contribution is 9.10. The minimum absolute atomic E-state index is 0.0785. The van der Waals surface area contributed by atoms with Crippen LogP contribution in [0.15, 0.2) is 52.1 Å². The van der Waals surface area contributed by atoms with Crippen molar-refractivity contribution in [3.8, 4) is 11.4 Å². The van der Waals surface area contributed by atoms with Gasteiger partial charge >= 0.3 is 0 Å². The quantitative estimate of drug-likeness (QED) is 0.457. The molecule has 1 heterocycles. The van der Waals surface area contributed by atoms with Gasteiger partial charge in [0.1, 0.15) is 0 Å². The summed E-state index contributed by atoms with van der Waals surface area (Å²) in [5, 5.41) is 12.8. The van der Waals surface area contributed by atoms with E-state index in [1.807, 2.05) is 54.1 Å². The topological polar surface area (TPSA) is 59.8 Å². The molecule has 1 N–H and O–H groups in total. The highest BCUT2D eigenvalue weighted by Gasteiger charge is 2.14. The van der Waals surface area contributed by atoms with Gasteiger partial charge in [0.15, 0.2) is 11.0 Å². The van der Waals surface area contributed by atoms with Crippen LogP contribution in [0.25, 0.3) is 11.4 Å². The summed E-state index contributed by atoms with van der Waals surface area (Å²) in [5.74, 6) is 1.21. The highest BCUT2D eigenvalue weighted by Crippen LogP contribution is 2.28. The maximum Gasteiger partial charge on any atom is 0.234 e. The zero-order valence-corrected chi connectivity index (χ0v) is 18.9. The summed E-state index contributed by atoms with van der Waals surface area (Å²) in [6.07, 6.45) is 0. The van der Waals surface area contributed by atoms with Gasteiger partial charge in [-0.15, -0.1) is 10.2 Å². The fraction of sp³-hybridized carbons (Fsp3) is 0.250. The standard InChI is InChI=1S/C20H20BrClN4OS/c1-12(2)16-10-14(21)6-9-17(16)23-18(27)11-28-20-25-24-19(26(20)3)13-4-7-15(22)8-5-13/h4-10,12H,11H2,1-3H3,(H,23,27). The van der Waals surface area contributed by atoms with Gasteiger partial charge in [-0.2, -0.15) is 0 Å². The summed E-state index contributed by atoms with van der Waals surface area (Å²) in [7, 11) is 1.88. The van der Waals surface area contributed by atoms with Gasteiger partial charge in [0, 0.05) is 27.8 Å². The maximum absolute atomic E-state index is 12.5. The van der Waals surface area contributed by atoms with Crippen LogP contribution in [0.5, 0.6) is 0 Å². The third-order valence-electron chi connectivity index (χ3n) is 4.18. The molecule has 0 radical (unpaired) electrons. The predicted octanol–water partition coefficient (Wildman–Crippen LogP) is 5.75. The minimum atomic E-state index is -0.0785. The molecule has 5 nitrogen and oxygen atoms in total. The molecule has 0 saturated heterocycles. The Kier molecular flexibility index (Phi) is 6.80. The Morgan fingerprint density at radius 3 is 2.61 bits per heavy atom. The zero-order valence-electron chi connectivity index (χ0n) is 15.7. The molecule has 0 aliphatic rings. The molecule has 3 rings (SSSR count). The summed E-state index contributed by atoms with van der Waals surface area (Å²) in [6.45, 7) is 4.20. The van der Waals surface area contributed by atoms with Crippen molar-refractivity contribution in [2.45, 2.75) is 24.9 Å². The van der Waals surface area contributed by atoms with E-state index in [0.717, 1.165) is 27.1 Å². The number of thioether (sulfide) groups is 1. The van der Waals surface area contributed by atoms with Gasteiger partial charge in [0.05, 0.1) is 5.75 Å². The Labute approximate surface area is 182 Å². The van der Waals surface area contributed by atoms with E-state index in [-0.39, 0.29) is 11.7 Å². The Morgan fingerprint density at radius 2 is 1.93 bits per heavy atom. The number of hydrogen-bond acceptors (Lipinski definition) is 4. The molecule has 0 spiro atoms. The van der Waals surface area contributed by atoms with Gasteiger partial charge in [-0.3, -0.25) is 4.79 Å². The number of hydrogen-bond donors (Lipinski definition) is 1. The lowest BCUT2D eigenvalue weighted by Gasteiger charge is -2.14. The molecule has 3 aromatic rings. The van der Waals surface area contributed by atoms with Crippen LogP contribution in [0.1, 0.15) is 25.3 Å². The smallest absolute Gasteiger partial charge is 0.234 e. The van der Waals surface area contributed by atoms with Crippen molar-refractivity contribution in [1.29, 1.82) is 0 Å². The van der Waals surface area contributed by atoms with Crippen molar-refractivity contribution in [2.24, 2.45) is 7.05 Å². The molecule has 0 unspecified atom stereocenters. The third kappa shape index (κ3) is 4.96. The second-order valence-electron chi connectivity index (χ2n) is 6.60. The van der Waals surface area contributed by atoms with Crippen molar-refractivity contribution in [2.75, 3.05) is 11.1 Å². The van der Waals surface area contributed by atoms with E-state index in [1.54, 1.807) is 0 Å². The lowest BCUT2D eigenvalue weighted by molar-refractivity contribution is -0.113. The van der Waals surface area contributed by atoms with Gasteiger partial charge in [-0.25, -0.2) is 0 Å². The molecule has 0 saturated carbocycles. The van der Waals surface area contributed by atoms with Crippen LogP contribution < -0.4 is 5.32 Å². The number of carbonyl (C=O) groups is 1. The van der Waals surface area contributed by atoms with Gasteiger partial charge in [-0.05, 0) is 53.9 Å². The highest BCUT2D eigenvalue weighted by atomic mass is 79.9. The SMILES string of the molecule is CC(C)c1cc(Br)ccc1NC(=O)CSc1nnc(-c2ccc(Cl)cc2)n1C. The van der Waals surface area contributed by atoms with Gasteiger partial charge in [-0.1, -0.05) is 53.1 Å². The van der Waals surface area contributed by atoms with E-state index >= 15 is 0 Å². The van der Waals surface area contributed by atoms with Crippen LogP contribution in [-0.4, -0.2) is 26.4 Å². The summed E-state index contributed by atoms with van der Waals surface area (Å²) >= 11 is 10.8. The first-order valence-corrected chi connectivity index (χ1v) is 10.9. The second-order valence-corrected chi connectivity index (χ2v) is 8.89. The number of benzene rings is 2. The molecule has 2 aromatic carbocycles. The van der Waals surface area contributed by atoms with Crippen LogP contribution in [0, 0.1) is 0 Å². The Hall–Kier alpha value is -1.83. The van der Waals surface area contributed by atoms with Crippen LogP contribution in [0.4, 0.5) is 5.69 Å². The van der Waals surface area contributed by atoms with Crippen molar-refractivity contribution in [3.63, 3.8) is 0 Å². The fourth-order valence-corrected chi connectivity index (χ4v) is 3.95. The summed E-state index contributed by atoms with van der Waals surface area (Å²) in [5.41, 5.74) is 2.85. The number of anilines is 1. The number of rotatable bonds is 6. The first kappa shape index (κ1) is 20.9. The van der Waals surface area contributed by atoms with Crippen molar-refractivity contribution < 1.29 is 4.79 Å². The Bertz CT molecular complexity index is 988. The number of carbonyl (C=O) groups excluding carboxylic acids is 1. The molecule has 0 bridgehead atoms. The third-order valence-corrected chi connectivity index (χ3v) is 5.94. The van der Waals surface area contributed by atoms with Gasteiger partial charge in [0.2, 0.25) is 5.91 Å². The van der Waals surface area contributed by atoms with Crippen molar-refractivity contribution in [3.05, 3.63) is 57.5 Å². The van der Waals surface area contributed by atoms with E-state index in [2.05, 4.69) is 45.3 Å². The molecule has 146 valence electrons. The maximum atomic E-state index is 12.5. The van der Waals surface area contributed by atoms with Crippen LogP contribution >= 0.6 is 39.3 Å². The Morgan fingerprint density at radius 1 is 1.21 bits per heavy atom. The first-order chi connectivity index (χ1) is 13.3. The van der Waals surface area contributed by atoms with E-state index in [4.69, 9.17) is 11.6 Å². The lowest BCUT2D eigenvalue weighted by atomic mass is 10.0. The van der Waals surface area contributed by atoms with Crippen LogP contribution in [0.3, 0.4) is 0 Å². The molecule has 28 heavy (non-hydrogen) atoms. The molecule has 1 aromatic heterocycles. The van der Waals surface area contributed by atoms with Crippen LogP contribution in [-0.2, 0) is 11.8 Å². The zero-order chi connectivity index (χ0) is 20.3. The second kappa shape index (κ2) is 9.11. The molecular formula is C20H20BrClN4OS. The van der Waals surface area contributed by atoms with Gasteiger partial charge in [0.25, 0.3) is 0 Å². The van der Waals surface area contributed by atoms with E-state index in [9.17, 15) is 4.79 Å². The number of aromatic nitrogens is 3. The lowest BCUT2D eigenvalue weighted by Crippen LogP contribution is -2.16. The molecule has 0 aliphatic carbocycles. The van der Waals surface area contributed by atoms with Crippen molar-refractivity contribution >= 4 is 50.9 Å². The molecule has 1 amide bonds. The predicted molar refractivity (Wildman–Crippen MR) is 119 cm³/mol. The Balaban J connectivity index is 1.67. The first-order valence-electron chi connectivity index (χ1n) is 8.72. The largest absolute Gasteiger partial charge is 0.325 e. The molecule has 8 heteroatoms. The minimum Gasteiger partial charge on any atom is -0.325 e. The van der Waals surface area contributed by atoms with E-state index < -0.39 is 0 Å². The summed E-state index contributed by atoms with van der Waals surface area (Å²) in [6, 6.07) is 13.3. The molecular weight excluding hydrogens is 460 g/mol. The number of nitrogens with zero attached hydrogens (tertiary/aromatic N) is 3.